The van der Waals surface area contributed by atoms with Gasteiger partial charge >= 0.3 is 0 Å². The lowest BCUT2D eigenvalue weighted by atomic mass is 10.1. The van der Waals surface area contributed by atoms with Crippen molar-refractivity contribution in [2.24, 2.45) is 4.99 Å². The zero-order valence-corrected chi connectivity index (χ0v) is 20.5. The van der Waals surface area contributed by atoms with E-state index >= 15 is 0 Å². The minimum Gasteiger partial charge on any atom is -0.357 e. The molecule has 0 bridgehead atoms. The number of aliphatic imine (C=N–C) groups is 1. The molecule has 0 aliphatic rings. The molecule has 0 saturated heterocycles. The molecule has 6 nitrogen and oxygen atoms in total. The number of rotatable bonds is 10. The van der Waals surface area contributed by atoms with Gasteiger partial charge < -0.3 is 16.0 Å². The standard InChI is InChI=1S/C21H37N5O.HI/c1-7-22-20(27)19-11-9-10-18(14-19)15-25-21(23-8-2)24-12-13-26(16(3)4)17(5)6;/h9-11,14,16-17H,7-8,12-13,15H2,1-6H3,(H,22,27)(H2,23,24,25);1H. The van der Waals surface area contributed by atoms with E-state index in [4.69, 9.17) is 0 Å². The van der Waals surface area contributed by atoms with Crippen molar-refractivity contribution in [1.29, 1.82) is 0 Å². The topological polar surface area (TPSA) is 68.8 Å². The molecular formula is C21H38IN5O. The second-order valence-corrected chi connectivity index (χ2v) is 7.11. The van der Waals surface area contributed by atoms with Gasteiger partial charge in [0.25, 0.3) is 5.91 Å². The summed E-state index contributed by atoms with van der Waals surface area (Å²) in [6.07, 6.45) is 0. The van der Waals surface area contributed by atoms with E-state index in [1.54, 1.807) is 0 Å². The van der Waals surface area contributed by atoms with Crippen LogP contribution in [-0.2, 0) is 6.54 Å². The van der Waals surface area contributed by atoms with Crippen molar-refractivity contribution >= 4 is 35.8 Å². The van der Waals surface area contributed by atoms with Gasteiger partial charge in [-0.3, -0.25) is 9.69 Å². The third kappa shape index (κ3) is 9.73. The first kappa shape index (κ1) is 26.6. The molecule has 1 rings (SSSR count). The van der Waals surface area contributed by atoms with Gasteiger partial charge in [0, 0.05) is 43.8 Å². The number of guanidine groups is 1. The fourth-order valence-corrected chi connectivity index (χ4v) is 3.00. The summed E-state index contributed by atoms with van der Waals surface area (Å²) in [7, 11) is 0. The Labute approximate surface area is 188 Å². The highest BCUT2D eigenvalue weighted by Gasteiger charge is 2.12. The molecule has 0 fully saturated rings. The number of nitrogens with one attached hydrogen (secondary N) is 3. The van der Waals surface area contributed by atoms with Crippen molar-refractivity contribution in [2.45, 2.75) is 60.2 Å². The van der Waals surface area contributed by atoms with Crippen LogP contribution in [0.25, 0.3) is 0 Å². The molecule has 0 radical (unpaired) electrons. The van der Waals surface area contributed by atoms with Gasteiger partial charge in [0.05, 0.1) is 6.54 Å². The van der Waals surface area contributed by atoms with Gasteiger partial charge in [-0.1, -0.05) is 12.1 Å². The first-order valence-electron chi connectivity index (χ1n) is 10.0. The van der Waals surface area contributed by atoms with Crippen LogP contribution in [0.15, 0.2) is 29.3 Å². The van der Waals surface area contributed by atoms with Gasteiger partial charge in [0.1, 0.15) is 0 Å². The van der Waals surface area contributed by atoms with Crippen molar-refractivity contribution in [2.75, 3.05) is 26.2 Å². The summed E-state index contributed by atoms with van der Waals surface area (Å²) < 4.78 is 0. The summed E-state index contributed by atoms with van der Waals surface area (Å²) in [5.74, 6) is 0.754. The smallest absolute Gasteiger partial charge is 0.251 e. The van der Waals surface area contributed by atoms with Gasteiger partial charge in [-0.15, -0.1) is 24.0 Å². The van der Waals surface area contributed by atoms with Gasteiger partial charge in [0.2, 0.25) is 0 Å². The van der Waals surface area contributed by atoms with Crippen molar-refractivity contribution in [3.8, 4) is 0 Å². The minimum atomic E-state index is -0.0455. The molecule has 0 aromatic heterocycles. The van der Waals surface area contributed by atoms with E-state index in [-0.39, 0.29) is 29.9 Å². The van der Waals surface area contributed by atoms with E-state index in [0.29, 0.717) is 30.7 Å². The highest BCUT2D eigenvalue weighted by molar-refractivity contribution is 14.0. The lowest BCUT2D eigenvalue weighted by Crippen LogP contribution is -2.45. The molecule has 0 atom stereocenters. The van der Waals surface area contributed by atoms with Crippen LogP contribution in [0.3, 0.4) is 0 Å². The van der Waals surface area contributed by atoms with E-state index in [0.717, 1.165) is 31.2 Å². The van der Waals surface area contributed by atoms with Crippen LogP contribution < -0.4 is 16.0 Å². The number of amides is 1. The molecule has 3 N–H and O–H groups in total. The molecule has 0 unspecified atom stereocenters. The lowest BCUT2D eigenvalue weighted by molar-refractivity contribution is 0.0955. The summed E-state index contributed by atoms with van der Waals surface area (Å²) in [5.41, 5.74) is 1.69. The Bertz CT molecular complexity index is 596. The Balaban J connectivity index is 0.00000729. The fourth-order valence-electron chi connectivity index (χ4n) is 3.00. The second kappa shape index (κ2) is 14.6. The number of benzene rings is 1. The number of hydrogen-bond donors (Lipinski definition) is 3. The zero-order valence-electron chi connectivity index (χ0n) is 18.2. The fraction of sp³-hybridized carbons (Fsp3) is 0.619. The summed E-state index contributed by atoms with van der Waals surface area (Å²) in [4.78, 5) is 19.1. The quantitative estimate of drug-likeness (QED) is 0.261. The van der Waals surface area contributed by atoms with Crippen LogP contribution in [0.2, 0.25) is 0 Å². The normalized spacial score (nSPS) is 11.5. The highest BCUT2D eigenvalue weighted by Crippen LogP contribution is 2.07. The van der Waals surface area contributed by atoms with Gasteiger partial charge in [0.15, 0.2) is 5.96 Å². The largest absolute Gasteiger partial charge is 0.357 e. The van der Waals surface area contributed by atoms with Gasteiger partial charge in [-0.2, -0.15) is 0 Å². The summed E-state index contributed by atoms with van der Waals surface area (Å²) in [6, 6.07) is 8.66. The minimum absolute atomic E-state index is 0. The first-order valence-corrected chi connectivity index (χ1v) is 10.0. The van der Waals surface area contributed by atoms with E-state index in [1.165, 1.54) is 0 Å². The van der Waals surface area contributed by atoms with E-state index in [9.17, 15) is 4.79 Å². The average Bonchev–Trinajstić information content (AvgIpc) is 2.62. The highest BCUT2D eigenvalue weighted by atomic mass is 127. The molecular weight excluding hydrogens is 465 g/mol. The van der Waals surface area contributed by atoms with Crippen LogP contribution in [0, 0.1) is 0 Å². The maximum atomic E-state index is 12.0. The van der Waals surface area contributed by atoms with Crippen molar-refractivity contribution < 1.29 is 4.79 Å². The number of nitrogens with zero attached hydrogens (tertiary/aromatic N) is 2. The van der Waals surface area contributed by atoms with Crippen LogP contribution in [-0.4, -0.2) is 55.0 Å². The molecule has 1 aromatic carbocycles. The third-order valence-corrected chi connectivity index (χ3v) is 4.28. The molecule has 0 heterocycles. The Morgan fingerprint density at radius 3 is 2.25 bits per heavy atom. The van der Waals surface area contributed by atoms with Gasteiger partial charge in [-0.25, -0.2) is 4.99 Å². The molecule has 0 aliphatic carbocycles. The van der Waals surface area contributed by atoms with Crippen molar-refractivity contribution in [3.63, 3.8) is 0 Å². The number of carbonyl (C=O) groups excluding carboxylic acids is 1. The third-order valence-electron chi connectivity index (χ3n) is 4.28. The van der Waals surface area contributed by atoms with Crippen LogP contribution in [0.5, 0.6) is 0 Å². The Morgan fingerprint density at radius 1 is 1.04 bits per heavy atom. The van der Waals surface area contributed by atoms with E-state index in [2.05, 4.69) is 60.5 Å². The molecule has 28 heavy (non-hydrogen) atoms. The maximum absolute atomic E-state index is 12.0. The van der Waals surface area contributed by atoms with Crippen molar-refractivity contribution in [1.82, 2.24) is 20.9 Å². The molecule has 0 spiro atoms. The SMILES string of the molecule is CCNC(=O)c1cccc(CN=C(NCC)NCCN(C(C)C)C(C)C)c1.I. The summed E-state index contributed by atoms with van der Waals surface area (Å²) in [5, 5.41) is 9.52. The maximum Gasteiger partial charge on any atom is 0.251 e. The lowest BCUT2D eigenvalue weighted by Gasteiger charge is -2.30. The molecule has 160 valence electrons. The molecule has 1 aromatic rings. The summed E-state index contributed by atoms with van der Waals surface area (Å²) >= 11 is 0. The number of halogens is 1. The Kier molecular flexibility index (Phi) is 13.9. The predicted molar refractivity (Wildman–Crippen MR) is 130 cm³/mol. The zero-order chi connectivity index (χ0) is 20.2. The molecule has 0 saturated carbocycles. The van der Waals surface area contributed by atoms with Crippen LogP contribution in [0.1, 0.15) is 57.5 Å². The second-order valence-electron chi connectivity index (χ2n) is 7.11. The number of hydrogen-bond acceptors (Lipinski definition) is 3. The predicted octanol–water partition coefficient (Wildman–Crippen LogP) is 3.23. The van der Waals surface area contributed by atoms with Gasteiger partial charge in [-0.05, 0) is 59.2 Å². The molecule has 7 heteroatoms. The Morgan fingerprint density at radius 2 is 1.68 bits per heavy atom. The average molecular weight is 503 g/mol. The molecule has 1 amide bonds. The van der Waals surface area contributed by atoms with E-state index < -0.39 is 0 Å². The first-order chi connectivity index (χ1) is 12.9. The van der Waals surface area contributed by atoms with E-state index in [1.807, 2.05) is 31.2 Å². The Hall–Kier alpha value is -1.35. The molecule has 0 aliphatic heterocycles. The monoisotopic (exact) mass is 503 g/mol. The van der Waals surface area contributed by atoms with Crippen LogP contribution in [0.4, 0.5) is 0 Å². The number of carbonyl (C=O) groups is 1. The van der Waals surface area contributed by atoms with Crippen LogP contribution >= 0.6 is 24.0 Å². The van der Waals surface area contributed by atoms with Crippen molar-refractivity contribution in [3.05, 3.63) is 35.4 Å². The summed E-state index contributed by atoms with van der Waals surface area (Å²) in [6.45, 7) is 16.6.